The normalized spacial score (nSPS) is 17.9. The largest absolute Gasteiger partial charge is 2.00 e. The maximum atomic E-state index is 9.44. The van der Waals surface area contributed by atoms with E-state index in [1.807, 2.05) is 0 Å². The van der Waals surface area contributed by atoms with Gasteiger partial charge >= 0.3 is 26.2 Å². The first kappa shape index (κ1) is 23.2. The molecule has 0 aromatic heterocycles. The Kier molecular flexibility index (Phi) is 8.75. The fourth-order valence-corrected chi connectivity index (χ4v) is 9.00. The molecule has 0 fully saturated rings. The zero-order valence-electron chi connectivity index (χ0n) is 16.4. The van der Waals surface area contributed by atoms with Crippen molar-refractivity contribution in [2.45, 2.75) is 58.0 Å². The Balaban J connectivity index is 0.00000312. The number of hydrogen-bond donors (Lipinski definition) is 2. The molecule has 0 amide bonds. The zero-order valence-corrected chi connectivity index (χ0v) is 20.8. The monoisotopic (exact) mass is 450 g/mol. The Morgan fingerprint density at radius 1 is 0.880 bits per heavy atom. The van der Waals surface area contributed by atoms with Gasteiger partial charge in [-0.05, 0) is 28.2 Å². The molecule has 0 aromatic carbocycles. The number of aliphatic hydroxyl groups excluding tert-OH is 2. The number of allylic oxidation sites excluding steroid dienone is 8. The van der Waals surface area contributed by atoms with Crippen LogP contribution in [0, 0.1) is 18.1 Å². The first-order valence-corrected chi connectivity index (χ1v) is 15.5. The van der Waals surface area contributed by atoms with Crippen molar-refractivity contribution < 1.29 is 36.4 Å². The quantitative estimate of drug-likeness (QED) is 0.428. The van der Waals surface area contributed by atoms with Crippen LogP contribution in [0.15, 0.2) is 33.7 Å². The van der Waals surface area contributed by atoms with E-state index in [0.29, 0.717) is 5.92 Å². The fraction of sp³-hybridized carbons (Fsp3) is 0.600. The van der Waals surface area contributed by atoms with Gasteiger partial charge in [0.25, 0.3) is 0 Å². The van der Waals surface area contributed by atoms with E-state index in [1.54, 1.807) is 0 Å². The van der Waals surface area contributed by atoms with Crippen molar-refractivity contribution in [3.05, 3.63) is 45.8 Å². The van der Waals surface area contributed by atoms with Crippen molar-refractivity contribution in [1.29, 1.82) is 0 Å². The molecule has 0 radical (unpaired) electrons. The van der Waals surface area contributed by atoms with Crippen LogP contribution in [0.25, 0.3) is 0 Å². The van der Waals surface area contributed by atoms with Gasteiger partial charge in [0.1, 0.15) is 0 Å². The summed E-state index contributed by atoms with van der Waals surface area (Å²) < 4.78 is 0. The Labute approximate surface area is 175 Å². The smallest absolute Gasteiger partial charge is 0.397 e. The van der Waals surface area contributed by atoms with Gasteiger partial charge in [0, 0.05) is 13.2 Å². The van der Waals surface area contributed by atoms with E-state index < -0.39 is 16.1 Å². The van der Waals surface area contributed by atoms with Crippen LogP contribution in [0.1, 0.15) is 19.8 Å². The second-order valence-corrected chi connectivity index (χ2v) is 17.9. The third-order valence-corrected chi connectivity index (χ3v) is 12.4. The van der Waals surface area contributed by atoms with Gasteiger partial charge in [-0.25, -0.2) is 11.1 Å². The van der Waals surface area contributed by atoms with E-state index in [2.05, 4.69) is 57.4 Å². The van der Waals surface area contributed by atoms with Crippen LogP contribution < -0.4 is 0 Å². The summed E-state index contributed by atoms with van der Waals surface area (Å²) in [5.41, 5.74) is 2.70. The van der Waals surface area contributed by atoms with Crippen LogP contribution in [0.5, 0.6) is 0 Å². The first-order chi connectivity index (χ1) is 11.2. The molecule has 2 N–H and O–H groups in total. The summed E-state index contributed by atoms with van der Waals surface area (Å²) in [6, 6.07) is 1.82. The SMILES string of the molecule is CC(C1=[C-]CC=C1[Si](C)(C)CCO)C1=[C-]CC=C1[Si](C)(C)CCO.[Zr+2]. The van der Waals surface area contributed by atoms with E-state index >= 15 is 0 Å². The molecule has 0 spiro atoms. The van der Waals surface area contributed by atoms with E-state index in [1.165, 1.54) is 21.5 Å². The summed E-state index contributed by atoms with van der Waals surface area (Å²) in [5.74, 6) is 0.323. The minimum absolute atomic E-state index is 0. The minimum Gasteiger partial charge on any atom is -0.397 e. The third-order valence-electron chi connectivity index (χ3n) is 5.58. The minimum atomic E-state index is -1.61. The molecule has 2 aliphatic rings. The Morgan fingerprint density at radius 2 is 1.24 bits per heavy atom. The second-order valence-electron chi connectivity index (χ2n) is 8.26. The molecule has 2 nitrogen and oxygen atoms in total. The predicted molar refractivity (Wildman–Crippen MR) is 107 cm³/mol. The zero-order chi connectivity index (χ0) is 18.0. The number of hydrogen-bond acceptors (Lipinski definition) is 2. The molecule has 2 rings (SSSR count). The van der Waals surface area contributed by atoms with Gasteiger partial charge in [-0.15, -0.1) is 12.8 Å². The number of rotatable bonds is 8. The molecule has 0 saturated heterocycles. The Bertz CT molecular complexity index is 549. The van der Waals surface area contributed by atoms with Crippen LogP contribution in [0.3, 0.4) is 0 Å². The third kappa shape index (κ3) is 5.13. The maximum absolute atomic E-state index is 9.44. The average molecular weight is 452 g/mol. The van der Waals surface area contributed by atoms with Gasteiger partial charge in [0.05, 0.1) is 0 Å². The topological polar surface area (TPSA) is 40.5 Å². The molecule has 136 valence electrons. The molecule has 0 atom stereocenters. The molecular formula is C20H32O2Si2Zr. The van der Waals surface area contributed by atoms with Gasteiger partial charge in [-0.1, -0.05) is 39.0 Å². The molecule has 5 heteroatoms. The Morgan fingerprint density at radius 3 is 1.56 bits per heavy atom. The average Bonchev–Trinajstić information content (AvgIpc) is 3.16. The Hall–Kier alpha value is 0.197. The van der Waals surface area contributed by atoms with Gasteiger partial charge < -0.3 is 10.2 Å². The second kappa shape index (κ2) is 9.41. The molecule has 0 bridgehead atoms. The van der Waals surface area contributed by atoms with E-state index in [4.69, 9.17) is 0 Å². The number of aliphatic hydroxyl groups is 2. The van der Waals surface area contributed by atoms with Crippen molar-refractivity contribution in [1.82, 2.24) is 0 Å². The molecule has 0 aliphatic heterocycles. The fourth-order valence-electron chi connectivity index (χ4n) is 3.96. The summed E-state index contributed by atoms with van der Waals surface area (Å²) >= 11 is 0. The van der Waals surface area contributed by atoms with Gasteiger partial charge in [-0.2, -0.15) is 22.5 Å². The van der Waals surface area contributed by atoms with Crippen molar-refractivity contribution in [2.75, 3.05) is 13.2 Å². The summed E-state index contributed by atoms with van der Waals surface area (Å²) in [6.45, 7) is 12.2. The van der Waals surface area contributed by atoms with Gasteiger partial charge in [0.2, 0.25) is 0 Å². The predicted octanol–water partition coefficient (Wildman–Crippen LogP) is 4.22. The van der Waals surface area contributed by atoms with Crippen LogP contribution in [-0.2, 0) is 26.2 Å². The van der Waals surface area contributed by atoms with Crippen molar-refractivity contribution in [3.63, 3.8) is 0 Å². The van der Waals surface area contributed by atoms with Crippen LogP contribution in [0.4, 0.5) is 0 Å². The first-order valence-electron chi connectivity index (χ1n) is 9.10. The van der Waals surface area contributed by atoms with Gasteiger partial charge in [0.15, 0.2) is 0 Å². The molecule has 0 unspecified atom stereocenters. The van der Waals surface area contributed by atoms with E-state index in [9.17, 15) is 10.2 Å². The van der Waals surface area contributed by atoms with Crippen molar-refractivity contribution >= 4 is 16.1 Å². The molecule has 25 heavy (non-hydrogen) atoms. The van der Waals surface area contributed by atoms with Crippen LogP contribution in [0.2, 0.25) is 38.3 Å². The molecule has 0 aromatic rings. The summed E-state index contributed by atoms with van der Waals surface area (Å²) in [4.78, 5) is 0. The van der Waals surface area contributed by atoms with Gasteiger partial charge in [-0.3, -0.25) is 12.2 Å². The molecule has 0 saturated carbocycles. The standard InChI is InChI=1S/C20H32O2Si2.Zr/c1-16(17-8-6-10-19(17)23(2,3)14-12-21)18-9-7-11-20(18)24(4,5)15-13-22;/h10-11,16,21-22H,6-7,12-15H2,1-5H3;/q-2;+2. The van der Waals surface area contributed by atoms with E-state index in [-0.39, 0.29) is 39.4 Å². The molecule has 2 aliphatic carbocycles. The summed E-state index contributed by atoms with van der Waals surface area (Å²) in [6.07, 6.45) is 13.7. The summed E-state index contributed by atoms with van der Waals surface area (Å²) in [7, 11) is -3.22. The van der Waals surface area contributed by atoms with Crippen molar-refractivity contribution in [3.8, 4) is 0 Å². The van der Waals surface area contributed by atoms with E-state index in [0.717, 1.165) is 24.9 Å². The van der Waals surface area contributed by atoms with Crippen LogP contribution >= 0.6 is 0 Å². The van der Waals surface area contributed by atoms with Crippen molar-refractivity contribution in [2.24, 2.45) is 5.92 Å². The van der Waals surface area contributed by atoms with Crippen LogP contribution in [-0.4, -0.2) is 39.6 Å². The summed E-state index contributed by atoms with van der Waals surface area (Å²) in [5, 5.41) is 21.8. The maximum Gasteiger partial charge on any atom is 2.00 e. The molecule has 0 heterocycles. The molecular weight excluding hydrogens is 420 g/mol.